The van der Waals surface area contributed by atoms with Gasteiger partial charge in [-0.05, 0) is 109 Å². The Hall–Kier alpha value is -8.36. The van der Waals surface area contributed by atoms with Crippen molar-refractivity contribution in [1.82, 2.24) is 14.8 Å². The number of anilines is 1. The van der Waals surface area contributed by atoms with Gasteiger partial charge >= 0.3 is 0 Å². The molecule has 67 heavy (non-hydrogen) atoms. The van der Waals surface area contributed by atoms with E-state index >= 15 is 0 Å². The Morgan fingerprint density at radius 2 is 0.910 bits per heavy atom. The summed E-state index contributed by atoms with van der Waals surface area (Å²) in [5.41, 5.74) is 10.2. The first-order valence-electron chi connectivity index (χ1n) is 22.9. The molecule has 0 aliphatic carbocycles. The lowest BCUT2D eigenvalue weighted by molar-refractivity contribution is 0.358. The number of benzene rings is 8. The van der Waals surface area contributed by atoms with Crippen LogP contribution in [-0.2, 0) is 25.7 Å². The number of aromatic nitrogens is 3. The normalized spacial score (nSPS) is 12.0. The van der Waals surface area contributed by atoms with Crippen LogP contribution in [-0.4, -0.2) is 26.4 Å². The fourth-order valence-corrected chi connectivity index (χ4v) is 8.82. The highest BCUT2D eigenvalue weighted by atomic mass is 16.6. The van der Waals surface area contributed by atoms with Gasteiger partial charge in [-0.3, -0.25) is 20.3 Å². The monoisotopic (exact) mass is 874 g/mol. The van der Waals surface area contributed by atoms with Crippen molar-refractivity contribution in [2.45, 2.75) is 39.0 Å². The lowest BCUT2D eigenvalue weighted by Crippen LogP contribution is -2.37. The zero-order valence-electron chi connectivity index (χ0n) is 37.3. The molecule has 0 bridgehead atoms. The summed E-state index contributed by atoms with van der Waals surface area (Å²) < 4.78 is 15.0. The van der Waals surface area contributed by atoms with Crippen molar-refractivity contribution >= 4 is 17.4 Å². The molecule has 9 aromatic rings. The highest BCUT2D eigenvalue weighted by molar-refractivity contribution is 6.27. The summed E-state index contributed by atoms with van der Waals surface area (Å²) in [4.78, 5) is 1.71. The number of nitrogens with zero attached hydrogens (tertiary/aromatic N) is 4. The van der Waals surface area contributed by atoms with E-state index in [1.54, 1.807) is 4.90 Å². The molecule has 0 spiro atoms. The Labute approximate surface area is 391 Å². The number of amidine groups is 2. The second-order valence-electron chi connectivity index (χ2n) is 17.1. The molecule has 0 radical (unpaired) electrons. The molecule has 8 nitrogen and oxygen atoms in total. The molecule has 0 saturated heterocycles. The molecule has 1 atom stereocenters. The average molecular weight is 875 g/mol. The zero-order chi connectivity index (χ0) is 45.5. The van der Waals surface area contributed by atoms with Gasteiger partial charge in [0.1, 0.15) is 11.7 Å². The van der Waals surface area contributed by atoms with E-state index in [0.717, 1.165) is 100 Å². The molecular formula is C59H50N6O2. The summed E-state index contributed by atoms with van der Waals surface area (Å²) >= 11 is 0. The maximum Gasteiger partial charge on any atom is 0.170 e. The van der Waals surface area contributed by atoms with E-state index < -0.39 is 0 Å². The molecule has 0 fully saturated rings. The molecule has 0 amide bonds. The largest absolute Gasteiger partial charge is 0.450 e. The smallest absolute Gasteiger partial charge is 0.170 e. The number of nitrogens with one attached hydrogen (secondary N) is 2. The van der Waals surface area contributed by atoms with Gasteiger partial charge in [-0.1, -0.05) is 165 Å². The lowest BCUT2D eigenvalue weighted by Gasteiger charge is -2.26. The van der Waals surface area contributed by atoms with Gasteiger partial charge < -0.3 is 9.47 Å². The first-order valence-corrected chi connectivity index (χ1v) is 22.9. The number of rotatable bonds is 14. The van der Waals surface area contributed by atoms with Crippen LogP contribution in [0.3, 0.4) is 0 Å². The molecule has 1 aliphatic rings. The van der Waals surface area contributed by atoms with E-state index in [9.17, 15) is 0 Å². The summed E-state index contributed by atoms with van der Waals surface area (Å²) in [5.74, 6) is 5.43. The number of ether oxygens (including phenoxy) is 2. The van der Waals surface area contributed by atoms with E-state index in [-0.39, 0.29) is 11.7 Å². The molecule has 10 rings (SSSR count). The van der Waals surface area contributed by atoms with Crippen LogP contribution in [0.5, 0.6) is 23.0 Å². The maximum atomic E-state index is 9.09. The Morgan fingerprint density at radius 1 is 0.478 bits per heavy atom. The van der Waals surface area contributed by atoms with Crippen LogP contribution in [0.25, 0.3) is 28.5 Å². The second kappa shape index (κ2) is 19.4. The summed E-state index contributed by atoms with van der Waals surface area (Å²) in [7, 11) is 0. The first kappa shape index (κ1) is 42.6. The molecule has 1 aromatic heterocycles. The van der Waals surface area contributed by atoms with Crippen LogP contribution in [0.4, 0.5) is 5.69 Å². The fraction of sp³-hybridized carbons (Fsp3) is 0.119. The van der Waals surface area contributed by atoms with Crippen molar-refractivity contribution in [3.63, 3.8) is 0 Å². The highest BCUT2D eigenvalue weighted by Gasteiger charge is 2.23. The molecule has 1 aliphatic heterocycles. The van der Waals surface area contributed by atoms with Crippen LogP contribution in [0.2, 0.25) is 0 Å². The topological polar surface area (TPSA) is 100 Å². The molecule has 328 valence electrons. The Balaban J connectivity index is 0.748. The molecule has 0 saturated carbocycles. The summed E-state index contributed by atoms with van der Waals surface area (Å²) in [5, 5.41) is 27.4. The van der Waals surface area contributed by atoms with Gasteiger partial charge in [-0.25, -0.2) is 0 Å². The minimum atomic E-state index is 0.257. The van der Waals surface area contributed by atoms with E-state index in [1.165, 1.54) is 22.3 Å². The van der Waals surface area contributed by atoms with Crippen molar-refractivity contribution in [3.05, 3.63) is 240 Å². The van der Waals surface area contributed by atoms with Gasteiger partial charge in [0, 0.05) is 33.6 Å². The molecule has 2 N–H and O–H groups in total. The average Bonchev–Trinajstić information content (AvgIpc) is 3.83. The second-order valence-corrected chi connectivity index (χ2v) is 17.1. The number of hydrogen-bond acceptors (Lipinski definition) is 6. The maximum absolute atomic E-state index is 9.09. The first-order chi connectivity index (χ1) is 32.9. The predicted octanol–water partition coefficient (Wildman–Crippen LogP) is 14.0. The van der Waals surface area contributed by atoms with E-state index in [0.29, 0.717) is 5.92 Å². The predicted molar refractivity (Wildman–Crippen MR) is 269 cm³/mol. The van der Waals surface area contributed by atoms with Gasteiger partial charge in [0.2, 0.25) is 0 Å². The molecular weight excluding hydrogens is 825 g/mol. The number of hydrogen-bond donors (Lipinski definition) is 2. The minimum absolute atomic E-state index is 0.257. The standard InChI is InChI=1S/C59H50N6O2/c1-41(37-44-27-33-50(34-28-44)64(56(60)46-17-6-2-7-18-46)57(61)47-19-8-3-9-20-47)38-45-30-36-53-55(40-45)67-52-35-29-43(39-54(52)66-53)16-14-15-42-25-31-51(32-26-42)65-58(48-21-10-4-11-22-48)62-63-59(65)49-23-12-5-13-24-49/h2-13,17-36,39-41,60-61H,14-16,37-38H2,1H3. The third-order valence-electron chi connectivity index (χ3n) is 12.2. The van der Waals surface area contributed by atoms with Crippen molar-refractivity contribution < 1.29 is 9.47 Å². The van der Waals surface area contributed by atoms with Gasteiger partial charge in [0.05, 0.1) is 0 Å². The van der Waals surface area contributed by atoms with Crippen LogP contribution >= 0.6 is 0 Å². The summed E-state index contributed by atoms with van der Waals surface area (Å²) in [6, 6.07) is 69.2. The van der Waals surface area contributed by atoms with E-state index in [2.05, 4.69) is 107 Å². The quantitative estimate of drug-likeness (QED) is 0.0837. The Morgan fingerprint density at radius 3 is 1.45 bits per heavy atom. The summed E-state index contributed by atoms with van der Waals surface area (Å²) in [6.07, 6.45) is 4.61. The third-order valence-corrected chi connectivity index (χ3v) is 12.2. The zero-order valence-corrected chi connectivity index (χ0v) is 37.3. The van der Waals surface area contributed by atoms with Crippen LogP contribution in [0.15, 0.2) is 206 Å². The van der Waals surface area contributed by atoms with Gasteiger partial charge in [-0.15, -0.1) is 10.2 Å². The number of aryl methyl sites for hydroxylation is 2. The molecule has 8 heteroatoms. The van der Waals surface area contributed by atoms with Crippen LogP contribution in [0, 0.1) is 16.7 Å². The highest BCUT2D eigenvalue weighted by Crippen LogP contribution is 2.46. The van der Waals surface area contributed by atoms with Crippen LogP contribution in [0.1, 0.15) is 46.7 Å². The van der Waals surface area contributed by atoms with Gasteiger partial charge in [0.15, 0.2) is 34.6 Å². The molecule has 2 heterocycles. The van der Waals surface area contributed by atoms with E-state index in [1.807, 2.05) is 121 Å². The fourth-order valence-electron chi connectivity index (χ4n) is 8.82. The van der Waals surface area contributed by atoms with Crippen molar-refractivity contribution in [2.75, 3.05) is 4.90 Å². The van der Waals surface area contributed by atoms with Crippen molar-refractivity contribution in [2.24, 2.45) is 5.92 Å². The number of fused-ring (bicyclic) bond motifs is 2. The van der Waals surface area contributed by atoms with Crippen molar-refractivity contribution in [1.29, 1.82) is 10.8 Å². The van der Waals surface area contributed by atoms with Gasteiger partial charge in [0.25, 0.3) is 0 Å². The molecule has 8 aromatic carbocycles. The van der Waals surface area contributed by atoms with E-state index in [4.69, 9.17) is 20.3 Å². The lowest BCUT2D eigenvalue weighted by atomic mass is 9.94. The Kier molecular flexibility index (Phi) is 12.3. The third kappa shape index (κ3) is 9.56. The minimum Gasteiger partial charge on any atom is -0.450 e. The van der Waals surface area contributed by atoms with Crippen LogP contribution < -0.4 is 14.4 Å². The SMILES string of the molecule is CC(Cc1ccc(N(C(=N)c2ccccc2)C(=N)c2ccccc2)cc1)Cc1ccc2c(c1)Oc1ccc(CCCc3ccc(-n4c(-c5ccccc5)nnc4-c4ccccc4)cc3)cc1O2. The Bertz CT molecular complexity index is 3030. The van der Waals surface area contributed by atoms with Crippen molar-refractivity contribution in [3.8, 4) is 51.5 Å². The van der Waals surface area contributed by atoms with Gasteiger partial charge in [-0.2, -0.15) is 0 Å². The summed E-state index contributed by atoms with van der Waals surface area (Å²) in [6.45, 7) is 2.27. The molecule has 1 unspecified atom stereocenters.